The first-order chi connectivity index (χ1) is 14.7. The highest BCUT2D eigenvalue weighted by atomic mass is 32.1. The molecule has 0 rings (SSSR count). The van der Waals surface area contributed by atoms with E-state index in [1.165, 1.54) is 51.4 Å². The van der Waals surface area contributed by atoms with Crippen LogP contribution in [0, 0.1) is 5.92 Å². The quantitative estimate of drug-likeness (QED) is 0.0811. The summed E-state index contributed by atoms with van der Waals surface area (Å²) in [5.41, 5.74) is 0. The van der Waals surface area contributed by atoms with E-state index in [9.17, 15) is 9.59 Å². The Labute approximate surface area is 201 Å². The summed E-state index contributed by atoms with van der Waals surface area (Å²) in [5, 5.41) is 0. The van der Waals surface area contributed by atoms with E-state index in [1.54, 1.807) is 13.8 Å². The molecule has 5 nitrogen and oxygen atoms in total. The number of carbonyl (C=O) groups is 2. The van der Waals surface area contributed by atoms with Crippen molar-refractivity contribution in [3.05, 3.63) is 0 Å². The predicted octanol–water partition coefficient (Wildman–Crippen LogP) is 6.44. The Morgan fingerprint density at radius 3 is 1.77 bits per heavy atom. The largest absolute Gasteiger partial charge is 0.466 e. The number of hydrogen-bond acceptors (Lipinski definition) is 6. The highest BCUT2D eigenvalue weighted by molar-refractivity contribution is 7.82. The normalized spacial score (nSPS) is 14.2. The van der Waals surface area contributed by atoms with Crippen molar-refractivity contribution in [2.24, 2.45) is 5.92 Å². The van der Waals surface area contributed by atoms with Gasteiger partial charge in [0, 0.05) is 0 Å². The molecule has 2 atom stereocenters. The summed E-state index contributed by atoms with van der Waals surface area (Å²) in [7, 11) is 0. The molecule has 0 saturated carbocycles. The molecular weight excluding hydrogens is 430 g/mol. The van der Waals surface area contributed by atoms with Gasteiger partial charge < -0.3 is 9.47 Å². The average Bonchev–Trinajstić information content (AvgIpc) is 2.72. The number of hydrogen-bond donors (Lipinski definition) is 1. The van der Waals surface area contributed by atoms with E-state index in [0.29, 0.717) is 4.99 Å². The van der Waals surface area contributed by atoms with Crippen LogP contribution in [-0.4, -0.2) is 46.6 Å². The summed E-state index contributed by atoms with van der Waals surface area (Å²) < 4.78 is 10.4. The fraction of sp³-hybridized carbons (Fsp3) is 0.875. The third-order valence-corrected chi connectivity index (χ3v) is 7.26. The molecule has 31 heavy (non-hydrogen) atoms. The minimum Gasteiger partial charge on any atom is -0.466 e. The lowest BCUT2D eigenvalue weighted by molar-refractivity contribution is -0.721. The fourth-order valence-electron chi connectivity index (χ4n) is 3.63. The van der Waals surface area contributed by atoms with Crippen molar-refractivity contribution < 1.29 is 23.0 Å². The summed E-state index contributed by atoms with van der Waals surface area (Å²) in [5.74, 6) is -1.73. The number of rotatable bonds is 18. The SMILES string of the molecule is CCCCCCCCCCCC[N+](S)(C(=S)C(CC(=O)OCC)C(=O)OCC)C(C)C. The van der Waals surface area contributed by atoms with Gasteiger partial charge in [-0.15, -0.1) is 0 Å². The molecule has 0 aliphatic carbocycles. The molecule has 7 heteroatoms. The zero-order chi connectivity index (χ0) is 23.7. The molecule has 0 bridgehead atoms. The average molecular weight is 477 g/mol. The van der Waals surface area contributed by atoms with Crippen molar-refractivity contribution in [3.63, 3.8) is 0 Å². The molecule has 0 aromatic carbocycles. The van der Waals surface area contributed by atoms with Gasteiger partial charge in [-0.05, 0) is 52.8 Å². The van der Waals surface area contributed by atoms with Crippen LogP contribution in [-0.2, 0) is 19.1 Å². The van der Waals surface area contributed by atoms with Crippen LogP contribution in [0.15, 0.2) is 0 Å². The maximum atomic E-state index is 12.6. The molecule has 0 fully saturated rings. The Balaban J connectivity index is 4.79. The Morgan fingerprint density at radius 1 is 0.839 bits per heavy atom. The van der Waals surface area contributed by atoms with Crippen LogP contribution in [0.25, 0.3) is 0 Å². The van der Waals surface area contributed by atoms with Crippen LogP contribution in [0.3, 0.4) is 0 Å². The fourth-order valence-corrected chi connectivity index (χ4v) is 4.40. The Morgan fingerprint density at radius 2 is 1.32 bits per heavy atom. The Hall–Kier alpha value is -0.660. The highest BCUT2D eigenvalue weighted by Gasteiger charge is 2.43. The number of carbonyl (C=O) groups excluding carboxylic acids is 2. The summed E-state index contributed by atoms with van der Waals surface area (Å²) in [6, 6.07) is 0.0773. The minimum atomic E-state index is -0.822. The number of unbranched alkanes of at least 4 members (excludes halogenated alkanes) is 9. The summed E-state index contributed by atoms with van der Waals surface area (Å²) in [4.78, 5) is 25.1. The maximum Gasteiger partial charge on any atom is 0.320 e. The smallest absolute Gasteiger partial charge is 0.320 e. The van der Waals surface area contributed by atoms with E-state index in [-0.39, 0.29) is 29.6 Å². The third-order valence-electron chi connectivity index (χ3n) is 5.63. The van der Waals surface area contributed by atoms with Crippen molar-refractivity contribution in [1.82, 2.24) is 0 Å². The minimum absolute atomic E-state index is 0.0773. The standard InChI is InChI=1S/C24H46NO4S2/c1-6-9-10-11-12-13-14-15-16-17-18-25(31,20(4)5)23(30)21(24(27)29-8-3)19-22(26)28-7-2/h20-21,31H,6-19H2,1-5H3/q+1. The first-order valence-electron chi connectivity index (χ1n) is 12.2. The Bertz CT molecular complexity index is 528. The number of thiocarbonyl (C=S) groups is 1. The highest BCUT2D eigenvalue weighted by Crippen LogP contribution is 2.28. The van der Waals surface area contributed by atoms with Gasteiger partial charge in [0.15, 0.2) is 5.92 Å². The van der Waals surface area contributed by atoms with E-state index in [0.717, 1.165) is 19.4 Å². The first-order valence-corrected chi connectivity index (χ1v) is 13.0. The van der Waals surface area contributed by atoms with Crippen LogP contribution in [0.4, 0.5) is 0 Å². The molecule has 0 aliphatic heterocycles. The second-order valence-corrected chi connectivity index (χ2v) is 9.61. The number of esters is 2. The molecule has 0 spiro atoms. The molecule has 0 aromatic rings. The molecular formula is C24H46NO4S2+. The lowest BCUT2D eigenvalue weighted by atomic mass is 10.0. The number of quaternary nitrogens is 1. The lowest BCUT2D eigenvalue weighted by Gasteiger charge is -2.37. The van der Waals surface area contributed by atoms with Crippen molar-refractivity contribution in [2.75, 3.05) is 19.8 Å². The molecule has 2 unspecified atom stereocenters. The molecule has 0 radical (unpaired) electrons. The van der Waals surface area contributed by atoms with Crippen molar-refractivity contribution in [1.29, 1.82) is 0 Å². The van der Waals surface area contributed by atoms with Gasteiger partial charge >= 0.3 is 11.9 Å². The van der Waals surface area contributed by atoms with Crippen molar-refractivity contribution in [3.8, 4) is 0 Å². The van der Waals surface area contributed by atoms with Crippen LogP contribution in [0.2, 0.25) is 0 Å². The number of nitrogens with zero attached hydrogens (tertiary/aromatic N) is 1. The summed E-state index contributed by atoms with van der Waals surface area (Å²) in [6.45, 7) is 11.1. The molecule has 0 saturated heterocycles. The zero-order valence-corrected chi connectivity index (χ0v) is 22.2. The Kier molecular flexibility index (Phi) is 17.5. The first kappa shape index (κ1) is 30.3. The molecule has 0 amide bonds. The van der Waals surface area contributed by atoms with Gasteiger partial charge in [0.25, 0.3) is 0 Å². The van der Waals surface area contributed by atoms with E-state index in [1.807, 2.05) is 13.8 Å². The predicted molar refractivity (Wildman–Crippen MR) is 135 cm³/mol. The van der Waals surface area contributed by atoms with Gasteiger partial charge in [0.1, 0.15) is 0 Å². The van der Waals surface area contributed by atoms with Crippen molar-refractivity contribution in [2.45, 2.75) is 111 Å². The zero-order valence-electron chi connectivity index (χ0n) is 20.5. The molecule has 0 aromatic heterocycles. The molecule has 182 valence electrons. The van der Waals surface area contributed by atoms with Crippen LogP contribution < -0.4 is 0 Å². The number of thiol groups is 1. The summed E-state index contributed by atoms with van der Waals surface area (Å²) >= 11 is 10.6. The topological polar surface area (TPSA) is 52.6 Å². The molecule has 0 aliphatic rings. The van der Waals surface area contributed by atoms with Gasteiger partial charge in [0.05, 0.1) is 45.0 Å². The van der Waals surface area contributed by atoms with Crippen LogP contribution in [0.1, 0.15) is 105 Å². The summed E-state index contributed by atoms with van der Waals surface area (Å²) in [6.07, 6.45) is 12.4. The molecule has 0 N–H and O–H groups in total. The second-order valence-electron chi connectivity index (χ2n) is 8.48. The lowest BCUT2D eigenvalue weighted by Crippen LogP contribution is -2.54. The molecule has 0 heterocycles. The van der Waals surface area contributed by atoms with E-state index in [2.05, 4.69) is 6.92 Å². The van der Waals surface area contributed by atoms with E-state index >= 15 is 0 Å². The van der Waals surface area contributed by atoms with E-state index in [4.69, 9.17) is 34.5 Å². The maximum absolute atomic E-state index is 12.6. The van der Waals surface area contributed by atoms with Gasteiger partial charge in [-0.3, -0.25) is 9.59 Å². The van der Waals surface area contributed by atoms with Gasteiger partial charge in [-0.1, -0.05) is 58.3 Å². The van der Waals surface area contributed by atoms with Gasteiger partial charge in [-0.25, -0.2) is 3.89 Å². The van der Waals surface area contributed by atoms with E-state index < -0.39 is 17.9 Å². The number of ether oxygens (including phenoxy) is 2. The monoisotopic (exact) mass is 476 g/mol. The van der Waals surface area contributed by atoms with Crippen molar-refractivity contribution >= 4 is 42.0 Å². The second kappa shape index (κ2) is 17.8. The third kappa shape index (κ3) is 12.2. The van der Waals surface area contributed by atoms with Crippen LogP contribution >= 0.6 is 25.0 Å². The van der Waals surface area contributed by atoms with Gasteiger partial charge in [0.2, 0.25) is 4.99 Å². The van der Waals surface area contributed by atoms with Crippen LogP contribution in [0.5, 0.6) is 0 Å². The van der Waals surface area contributed by atoms with Gasteiger partial charge in [-0.2, -0.15) is 0 Å².